The Morgan fingerprint density at radius 2 is 1.72 bits per heavy atom. The average Bonchev–Trinajstić information content (AvgIpc) is 2.82. The summed E-state index contributed by atoms with van der Waals surface area (Å²) < 4.78 is 10.8. The Labute approximate surface area is 114 Å². The minimum absolute atomic E-state index is 0.0198. The van der Waals surface area contributed by atoms with Crippen molar-refractivity contribution in [2.45, 2.75) is 43.8 Å². The second kappa shape index (κ2) is 6.09. The second-order valence-electron chi connectivity index (χ2n) is 5.58. The van der Waals surface area contributed by atoms with Crippen molar-refractivity contribution in [3.63, 3.8) is 0 Å². The number of thioether (sulfide) groups is 1. The molecule has 100 valence electrons. The summed E-state index contributed by atoms with van der Waals surface area (Å²) in [5.74, 6) is 1.04. The number of benzene rings is 1. The molecule has 0 atom stereocenters. The molecule has 0 aliphatic carbocycles. The highest BCUT2D eigenvalue weighted by atomic mass is 32.2. The molecule has 2 rings (SSSR count). The Morgan fingerprint density at radius 1 is 1.11 bits per heavy atom. The number of hydrogen-bond acceptors (Lipinski definition) is 3. The lowest BCUT2D eigenvalue weighted by atomic mass is 9.87. The number of rotatable bonds is 4. The molecule has 2 nitrogen and oxygen atoms in total. The number of ether oxygens (including phenoxy) is 2. The first-order valence-corrected chi connectivity index (χ1v) is 7.51. The van der Waals surface area contributed by atoms with Gasteiger partial charge in [-0.1, -0.05) is 32.9 Å². The third kappa shape index (κ3) is 4.01. The van der Waals surface area contributed by atoms with E-state index in [9.17, 15) is 0 Å². The summed E-state index contributed by atoms with van der Waals surface area (Å²) in [6.45, 7) is 8.21. The monoisotopic (exact) mass is 266 g/mol. The molecule has 1 saturated heterocycles. The van der Waals surface area contributed by atoms with E-state index in [1.165, 1.54) is 10.5 Å². The van der Waals surface area contributed by atoms with Crippen LogP contribution in [0.3, 0.4) is 0 Å². The van der Waals surface area contributed by atoms with Gasteiger partial charge in [-0.3, -0.25) is 0 Å². The maximum absolute atomic E-state index is 5.42. The van der Waals surface area contributed by atoms with E-state index in [1.54, 1.807) is 0 Å². The third-order valence-corrected chi connectivity index (χ3v) is 4.08. The molecule has 0 saturated carbocycles. The molecule has 18 heavy (non-hydrogen) atoms. The molecule has 0 aromatic heterocycles. The summed E-state index contributed by atoms with van der Waals surface area (Å²) in [4.78, 5) is 1.32. The van der Waals surface area contributed by atoms with Crippen LogP contribution in [0, 0.1) is 0 Å². The van der Waals surface area contributed by atoms with Crippen molar-refractivity contribution < 1.29 is 9.47 Å². The molecule has 0 N–H and O–H groups in total. The molecule has 1 aliphatic heterocycles. The van der Waals surface area contributed by atoms with Crippen LogP contribution in [0.1, 0.15) is 32.8 Å². The summed E-state index contributed by atoms with van der Waals surface area (Å²) in [5, 5.41) is 0. The van der Waals surface area contributed by atoms with Gasteiger partial charge < -0.3 is 9.47 Å². The molecule has 1 aromatic carbocycles. The molecule has 0 amide bonds. The Hall–Kier alpha value is -0.510. The van der Waals surface area contributed by atoms with Crippen LogP contribution in [-0.4, -0.2) is 25.3 Å². The van der Waals surface area contributed by atoms with Crippen LogP contribution in [0.2, 0.25) is 0 Å². The van der Waals surface area contributed by atoms with Crippen LogP contribution in [-0.2, 0) is 14.9 Å². The van der Waals surface area contributed by atoms with Gasteiger partial charge in [-0.2, -0.15) is 0 Å². The maximum Gasteiger partial charge on any atom is 0.158 e. The van der Waals surface area contributed by atoms with Gasteiger partial charge in [-0.05, 0) is 23.1 Å². The normalized spacial score (nSPS) is 17.3. The van der Waals surface area contributed by atoms with Crippen molar-refractivity contribution in [3.8, 4) is 0 Å². The molecule has 0 spiro atoms. The van der Waals surface area contributed by atoms with Crippen molar-refractivity contribution in [1.82, 2.24) is 0 Å². The van der Waals surface area contributed by atoms with Crippen LogP contribution in [0.5, 0.6) is 0 Å². The first-order valence-electron chi connectivity index (χ1n) is 6.52. The van der Waals surface area contributed by atoms with E-state index in [0.717, 1.165) is 25.4 Å². The molecule has 1 aliphatic rings. The Balaban J connectivity index is 1.79. The molecule has 0 radical (unpaired) electrons. The fourth-order valence-corrected chi connectivity index (χ4v) is 2.77. The van der Waals surface area contributed by atoms with Crippen molar-refractivity contribution in [2.24, 2.45) is 0 Å². The lowest BCUT2D eigenvalue weighted by molar-refractivity contribution is -0.0421. The zero-order valence-corrected chi connectivity index (χ0v) is 12.3. The van der Waals surface area contributed by atoms with E-state index >= 15 is 0 Å². The van der Waals surface area contributed by atoms with Crippen molar-refractivity contribution in [2.75, 3.05) is 19.0 Å². The van der Waals surface area contributed by atoms with Gasteiger partial charge in [0.15, 0.2) is 6.29 Å². The number of hydrogen-bond donors (Lipinski definition) is 0. The summed E-state index contributed by atoms with van der Waals surface area (Å²) in [7, 11) is 0. The smallest absolute Gasteiger partial charge is 0.158 e. The molecular formula is C15H22O2S. The van der Waals surface area contributed by atoms with E-state index in [-0.39, 0.29) is 11.7 Å². The second-order valence-corrected chi connectivity index (χ2v) is 6.75. The quantitative estimate of drug-likeness (QED) is 0.771. The van der Waals surface area contributed by atoms with Crippen LogP contribution in [0.25, 0.3) is 0 Å². The van der Waals surface area contributed by atoms with Crippen molar-refractivity contribution in [3.05, 3.63) is 29.8 Å². The van der Waals surface area contributed by atoms with E-state index in [1.807, 2.05) is 11.8 Å². The summed E-state index contributed by atoms with van der Waals surface area (Å²) >= 11 is 1.87. The molecule has 0 unspecified atom stereocenters. The van der Waals surface area contributed by atoms with Crippen LogP contribution in [0.15, 0.2) is 29.2 Å². The van der Waals surface area contributed by atoms with Gasteiger partial charge in [0.1, 0.15) is 0 Å². The molecule has 1 heterocycles. The lowest BCUT2D eigenvalue weighted by Gasteiger charge is -2.19. The maximum atomic E-state index is 5.42. The Morgan fingerprint density at radius 3 is 2.28 bits per heavy atom. The molecule has 1 fully saturated rings. The van der Waals surface area contributed by atoms with E-state index < -0.39 is 0 Å². The zero-order chi connectivity index (χ0) is 13.0. The molecule has 0 bridgehead atoms. The first-order chi connectivity index (χ1) is 8.55. The minimum Gasteiger partial charge on any atom is -0.350 e. The molecule has 3 heteroatoms. The van der Waals surface area contributed by atoms with Crippen molar-refractivity contribution >= 4 is 11.8 Å². The highest BCUT2D eigenvalue weighted by molar-refractivity contribution is 7.99. The summed E-state index contributed by atoms with van der Waals surface area (Å²) in [5.41, 5.74) is 1.61. The highest BCUT2D eigenvalue weighted by Crippen LogP contribution is 2.26. The van der Waals surface area contributed by atoms with Gasteiger partial charge in [-0.15, -0.1) is 11.8 Å². The lowest BCUT2D eigenvalue weighted by Crippen LogP contribution is -2.10. The summed E-state index contributed by atoms with van der Waals surface area (Å²) in [6, 6.07) is 8.87. The van der Waals surface area contributed by atoms with Gasteiger partial charge >= 0.3 is 0 Å². The van der Waals surface area contributed by atoms with Gasteiger partial charge in [0.05, 0.1) is 13.2 Å². The van der Waals surface area contributed by atoms with Gasteiger partial charge in [0.2, 0.25) is 0 Å². The topological polar surface area (TPSA) is 18.5 Å². The average molecular weight is 266 g/mol. The summed E-state index contributed by atoms with van der Waals surface area (Å²) in [6.07, 6.45) is 0.984. The minimum atomic E-state index is 0.0198. The SMILES string of the molecule is CC(C)(C)c1ccc(SCCC2OCCO2)cc1. The van der Waals surface area contributed by atoms with Crippen LogP contribution in [0.4, 0.5) is 0 Å². The van der Waals surface area contributed by atoms with Crippen LogP contribution < -0.4 is 0 Å². The van der Waals surface area contributed by atoms with E-state index in [2.05, 4.69) is 45.0 Å². The first kappa shape index (κ1) is 13.9. The van der Waals surface area contributed by atoms with Crippen LogP contribution >= 0.6 is 11.8 Å². The standard InChI is InChI=1S/C15H22O2S/c1-15(2,3)12-4-6-13(7-5-12)18-11-8-14-16-9-10-17-14/h4-7,14H,8-11H2,1-3H3. The Bertz CT molecular complexity index is 361. The van der Waals surface area contributed by atoms with Crippen molar-refractivity contribution in [1.29, 1.82) is 0 Å². The largest absolute Gasteiger partial charge is 0.350 e. The van der Waals surface area contributed by atoms with E-state index in [0.29, 0.717) is 0 Å². The Kier molecular flexibility index (Phi) is 4.71. The molecule has 1 aromatic rings. The fourth-order valence-electron chi connectivity index (χ4n) is 1.90. The van der Waals surface area contributed by atoms with Gasteiger partial charge in [0, 0.05) is 17.1 Å². The van der Waals surface area contributed by atoms with E-state index in [4.69, 9.17) is 9.47 Å². The zero-order valence-electron chi connectivity index (χ0n) is 11.4. The van der Waals surface area contributed by atoms with Gasteiger partial charge in [-0.25, -0.2) is 0 Å². The molecular weight excluding hydrogens is 244 g/mol. The third-order valence-electron chi connectivity index (χ3n) is 3.03. The fraction of sp³-hybridized carbons (Fsp3) is 0.600. The predicted molar refractivity (Wildman–Crippen MR) is 76.2 cm³/mol. The van der Waals surface area contributed by atoms with Gasteiger partial charge in [0.25, 0.3) is 0 Å². The highest BCUT2D eigenvalue weighted by Gasteiger charge is 2.15. The predicted octanol–water partition coefficient (Wildman–Crippen LogP) is 3.84.